The van der Waals surface area contributed by atoms with E-state index in [0.29, 0.717) is 11.1 Å². The lowest BCUT2D eigenvalue weighted by Crippen LogP contribution is -2.74. The molecule has 1 heterocycles. The first-order valence-electron chi connectivity index (χ1n) is 11.6. The van der Waals surface area contributed by atoms with E-state index >= 15 is 0 Å². The second-order valence-electron chi connectivity index (χ2n) is 10.0. The Kier molecular flexibility index (Phi) is 5.42. The normalized spacial score (nSPS) is 31.6. The van der Waals surface area contributed by atoms with Gasteiger partial charge in [-0.2, -0.15) is 0 Å². The highest BCUT2D eigenvalue weighted by Gasteiger charge is 2.69. The molecule has 3 aliphatic carbocycles. The summed E-state index contributed by atoms with van der Waals surface area (Å²) in [5.41, 5.74) is 4.58. The number of nitrogens with two attached hydrogens (primary N) is 1. The number of hydrogen-bond acceptors (Lipinski definition) is 9. The van der Waals surface area contributed by atoms with E-state index in [2.05, 4.69) is 4.98 Å². The topological polar surface area (TPSA) is 168 Å². The number of amides is 1. The highest BCUT2D eigenvalue weighted by atomic mass is 16.3. The monoisotopic (exact) mass is 491 g/mol. The van der Waals surface area contributed by atoms with Gasteiger partial charge in [0.2, 0.25) is 5.91 Å². The average molecular weight is 492 g/mol. The lowest BCUT2D eigenvalue weighted by Gasteiger charge is -2.52. The molecule has 186 valence electrons. The van der Waals surface area contributed by atoms with Crippen LogP contribution in [0.15, 0.2) is 36.7 Å². The summed E-state index contributed by atoms with van der Waals surface area (Å²) in [6.45, 7) is 0. The fourth-order valence-electron chi connectivity index (χ4n) is 6.41. The van der Waals surface area contributed by atoms with E-state index in [1.54, 1.807) is 44.7 Å². The Morgan fingerprint density at radius 3 is 2.36 bits per heavy atom. The number of carbonyl (C=O) groups excluding carboxylic acids is 5. The summed E-state index contributed by atoms with van der Waals surface area (Å²) in [7, 11) is 3.10. The summed E-state index contributed by atoms with van der Waals surface area (Å²) in [6.07, 6.45) is 3.41. The second kappa shape index (κ2) is 8.14. The van der Waals surface area contributed by atoms with Crippen molar-refractivity contribution in [1.82, 2.24) is 9.88 Å². The molecule has 6 unspecified atom stereocenters. The van der Waals surface area contributed by atoms with Gasteiger partial charge in [-0.05, 0) is 67.7 Å². The molecule has 0 spiro atoms. The van der Waals surface area contributed by atoms with Gasteiger partial charge in [0.15, 0.2) is 34.7 Å². The van der Waals surface area contributed by atoms with E-state index in [1.165, 1.54) is 11.0 Å². The van der Waals surface area contributed by atoms with E-state index in [4.69, 9.17) is 5.73 Å². The van der Waals surface area contributed by atoms with E-state index in [-0.39, 0.29) is 24.2 Å². The minimum Gasteiger partial charge on any atom is -0.507 e. The number of likely N-dealkylation sites (N-methyl/N-ethyl adjacent to an activating group) is 1. The van der Waals surface area contributed by atoms with Crippen molar-refractivity contribution >= 4 is 29.0 Å². The number of aromatic hydroxyl groups is 1. The number of primary amides is 1. The molecule has 6 atom stereocenters. The first-order chi connectivity index (χ1) is 17.0. The molecule has 0 bridgehead atoms. The van der Waals surface area contributed by atoms with Gasteiger partial charge in [-0.1, -0.05) is 6.07 Å². The van der Waals surface area contributed by atoms with Gasteiger partial charge in [0.1, 0.15) is 5.75 Å². The van der Waals surface area contributed by atoms with Crippen molar-refractivity contribution in [2.24, 2.45) is 29.4 Å². The predicted octanol–water partition coefficient (Wildman–Crippen LogP) is -0.0710. The standard InChI is InChI=1S/C26H25N3O7/c1-29(2)20-15-10-12-9-14-13(11-5-7-28-8-6-11)3-4-16(30)18(14)21(31)17(12)23(33)26(15,36)24(34)19(22(20)32)25(27)35/h3-8,12,15,17,19-20,30,36H,9-10H2,1-2H3,(H2,27,35). The van der Waals surface area contributed by atoms with Gasteiger partial charge in [0.25, 0.3) is 0 Å². The zero-order valence-corrected chi connectivity index (χ0v) is 19.7. The molecule has 2 fully saturated rings. The molecule has 1 aromatic carbocycles. The van der Waals surface area contributed by atoms with Crippen LogP contribution in [0.4, 0.5) is 0 Å². The number of Topliss-reactive ketones (excluding diaryl/α,β-unsaturated/α-hetero) is 4. The Morgan fingerprint density at radius 1 is 1.08 bits per heavy atom. The molecule has 36 heavy (non-hydrogen) atoms. The van der Waals surface area contributed by atoms with E-state index < -0.39 is 64.4 Å². The van der Waals surface area contributed by atoms with Crippen LogP contribution >= 0.6 is 0 Å². The fourth-order valence-corrected chi connectivity index (χ4v) is 6.41. The number of hydrogen-bond donors (Lipinski definition) is 3. The maximum Gasteiger partial charge on any atom is 0.235 e. The molecule has 0 radical (unpaired) electrons. The lowest BCUT2D eigenvalue weighted by molar-refractivity contribution is -0.181. The molecule has 10 nitrogen and oxygen atoms in total. The number of ketones is 4. The SMILES string of the molecule is CN(C)C1C(=O)C(C(N)=O)C(=O)C2(O)C(=O)C3C(=O)c4c(O)ccc(-c5ccncc5)c4CC3CC12. The first-order valence-corrected chi connectivity index (χ1v) is 11.6. The summed E-state index contributed by atoms with van der Waals surface area (Å²) in [4.78, 5) is 71.4. The Hall–Kier alpha value is -3.76. The lowest BCUT2D eigenvalue weighted by atomic mass is 9.52. The van der Waals surface area contributed by atoms with Crippen LogP contribution in [0.2, 0.25) is 0 Å². The van der Waals surface area contributed by atoms with Crippen LogP contribution in [0.5, 0.6) is 5.75 Å². The van der Waals surface area contributed by atoms with E-state index in [0.717, 1.165) is 5.56 Å². The second-order valence-corrected chi connectivity index (χ2v) is 10.0. The van der Waals surface area contributed by atoms with Gasteiger partial charge in [-0.3, -0.25) is 33.9 Å². The number of benzene rings is 1. The Labute approximate surface area is 206 Å². The van der Waals surface area contributed by atoms with Crippen LogP contribution in [0.3, 0.4) is 0 Å². The number of carbonyl (C=O) groups is 5. The van der Waals surface area contributed by atoms with Crippen LogP contribution in [0.1, 0.15) is 22.3 Å². The number of rotatable bonds is 3. The quantitative estimate of drug-likeness (QED) is 0.498. The van der Waals surface area contributed by atoms with Crippen molar-refractivity contribution in [3.8, 4) is 16.9 Å². The predicted molar refractivity (Wildman–Crippen MR) is 125 cm³/mol. The molecular weight excluding hydrogens is 466 g/mol. The maximum absolute atomic E-state index is 13.8. The molecule has 2 aromatic rings. The number of pyridine rings is 1. The Balaban J connectivity index is 1.66. The molecule has 2 saturated carbocycles. The number of aliphatic hydroxyl groups is 1. The third-order valence-corrected chi connectivity index (χ3v) is 7.94. The molecule has 1 amide bonds. The minimum atomic E-state index is -2.73. The third kappa shape index (κ3) is 3.11. The fraction of sp³-hybridized carbons (Fsp3) is 0.385. The van der Waals surface area contributed by atoms with Crippen molar-refractivity contribution in [3.05, 3.63) is 47.8 Å². The van der Waals surface area contributed by atoms with Crippen molar-refractivity contribution in [1.29, 1.82) is 0 Å². The summed E-state index contributed by atoms with van der Waals surface area (Å²) in [5.74, 6) is -10.5. The molecule has 0 saturated heterocycles. The number of nitrogens with zero attached hydrogens (tertiary/aromatic N) is 2. The summed E-state index contributed by atoms with van der Waals surface area (Å²) in [5, 5.41) is 22.2. The number of fused-ring (bicyclic) bond motifs is 3. The minimum absolute atomic E-state index is 0.00926. The van der Waals surface area contributed by atoms with Gasteiger partial charge < -0.3 is 15.9 Å². The summed E-state index contributed by atoms with van der Waals surface area (Å²) >= 11 is 0. The summed E-state index contributed by atoms with van der Waals surface area (Å²) < 4.78 is 0. The van der Waals surface area contributed by atoms with Gasteiger partial charge in [-0.15, -0.1) is 0 Å². The number of aromatic nitrogens is 1. The van der Waals surface area contributed by atoms with E-state index in [1.807, 2.05) is 0 Å². The molecule has 5 rings (SSSR count). The molecule has 0 aliphatic heterocycles. The first kappa shape index (κ1) is 24.0. The Morgan fingerprint density at radius 2 is 1.75 bits per heavy atom. The van der Waals surface area contributed by atoms with Gasteiger partial charge in [-0.25, -0.2) is 0 Å². The number of phenolic OH excluding ortho intramolecular Hbond substituents is 1. The molecular formula is C26H25N3O7. The van der Waals surface area contributed by atoms with Gasteiger partial charge >= 0.3 is 0 Å². The zero-order valence-electron chi connectivity index (χ0n) is 19.7. The Bertz CT molecular complexity index is 1340. The summed E-state index contributed by atoms with van der Waals surface area (Å²) in [6, 6.07) is 5.45. The largest absolute Gasteiger partial charge is 0.507 e. The van der Waals surface area contributed by atoms with Crippen LogP contribution in [-0.4, -0.2) is 74.9 Å². The van der Waals surface area contributed by atoms with Crippen molar-refractivity contribution < 1.29 is 34.2 Å². The number of phenols is 1. The van der Waals surface area contributed by atoms with E-state index in [9.17, 15) is 34.2 Å². The smallest absolute Gasteiger partial charge is 0.235 e. The maximum atomic E-state index is 13.8. The van der Waals surface area contributed by atoms with Gasteiger partial charge in [0.05, 0.1) is 17.5 Å². The molecule has 4 N–H and O–H groups in total. The van der Waals surface area contributed by atoms with Crippen molar-refractivity contribution in [2.75, 3.05) is 14.1 Å². The van der Waals surface area contributed by atoms with Crippen LogP contribution in [0, 0.1) is 23.7 Å². The van der Waals surface area contributed by atoms with Crippen molar-refractivity contribution in [2.45, 2.75) is 24.5 Å². The zero-order chi connectivity index (χ0) is 26.1. The van der Waals surface area contributed by atoms with Gasteiger partial charge in [0, 0.05) is 18.3 Å². The molecule has 3 aliphatic rings. The molecule has 10 heteroatoms. The average Bonchev–Trinajstić information content (AvgIpc) is 2.81. The van der Waals surface area contributed by atoms with Crippen LogP contribution in [0.25, 0.3) is 11.1 Å². The highest BCUT2D eigenvalue weighted by Crippen LogP contribution is 2.51. The third-order valence-electron chi connectivity index (χ3n) is 7.94. The highest BCUT2D eigenvalue weighted by molar-refractivity contribution is 6.32. The van der Waals surface area contributed by atoms with Crippen LogP contribution in [-0.2, 0) is 25.6 Å². The van der Waals surface area contributed by atoms with Crippen molar-refractivity contribution in [3.63, 3.8) is 0 Å². The van der Waals surface area contributed by atoms with Crippen LogP contribution < -0.4 is 5.73 Å². The molecule has 1 aromatic heterocycles.